The average molecular weight is 261 g/mol. The van der Waals surface area contributed by atoms with Crippen LogP contribution in [0.5, 0.6) is 0 Å². The number of hydrogen-bond donors (Lipinski definition) is 0. The molecule has 0 radical (unpaired) electrons. The molecule has 0 saturated heterocycles. The molecule has 1 saturated carbocycles. The normalized spacial score (nSPS) is 15.1. The summed E-state index contributed by atoms with van der Waals surface area (Å²) in [7, 11) is 1.68. The van der Waals surface area contributed by atoms with Gasteiger partial charge in [-0.15, -0.1) is 0 Å². The van der Waals surface area contributed by atoms with E-state index in [9.17, 15) is 0 Å². The van der Waals surface area contributed by atoms with Crippen molar-refractivity contribution in [3.8, 4) is 0 Å². The van der Waals surface area contributed by atoms with Crippen molar-refractivity contribution in [3.05, 3.63) is 18.1 Å². The third-order valence-corrected chi connectivity index (χ3v) is 3.46. The van der Waals surface area contributed by atoms with Crippen LogP contribution in [0.1, 0.15) is 25.5 Å². The van der Waals surface area contributed by atoms with Gasteiger partial charge in [0.25, 0.3) is 5.78 Å². The zero-order valence-electron chi connectivity index (χ0n) is 11.4. The summed E-state index contributed by atoms with van der Waals surface area (Å²) in [4.78, 5) is 11.0. The zero-order chi connectivity index (χ0) is 13.2. The van der Waals surface area contributed by atoms with Gasteiger partial charge in [0.2, 0.25) is 0 Å². The van der Waals surface area contributed by atoms with Crippen LogP contribution in [0, 0.1) is 5.92 Å². The maximum atomic E-state index is 5.18. The average Bonchev–Trinajstić information content (AvgIpc) is 3.11. The first-order valence-corrected chi connectivity index (χ1v) is 6.75. The summed E-state index contributed by atoms with van der Waals surface area (Å²) in [5, 5.41) is 4.28. The number of ether oxygens (including phenoxy) is 1. The van der Waals surface area contributed by atoms with Crippen LogP contribution in [-0.2, 0) is 11.3 Å². The van der Waals surface area contributed by atoms with Crippen molar-refractivity contribution in [2.24, 2.45) is 5.92 Å². The molecule has 0 amide bonds. The minimum Gasteiger partial charge on any atom is -0.378 e. The van der Waals surface area contributed by atoms with E-state index in [0.29, 0.717) is 12.4 Å². The van der Waals surface area contributed by atoms with Gasteiger partial charge in [0, 0.05) is 26.3 Å². The molecule has 0 atom stereocenters. The van der Waals surface area contributed by atoms with Crippen LogP contribution in [0.3, 0.4) is 0 Å². The molecule has 2 aromatic heterocycles. The fourth-order valence-electron chi connectivity index (χ4n) is 2.29. The lowest BCUT2D eigenvalue weighted by molar-refractivity contribution is 0.181. The maximum Gasteiger partial charge on any atom is 0.254 e. The Labute approximate surface area is 112 Å². The third-order valence-electron chi connectivity index (χ3n) is 3.46. The Bertz CT molecular complexity index is 563. The minimum absolute atomic E-state index is 0.497. The predicted molar refractivity (Wildman–Crippen MR) is 72.1 cm³/mol. The Morgan fingerprint density at radius 2 is 2.32 bits per heavy atom. The number of anilines is 1. The highest BCUT2D eigenvalue weighted by Crippen LogP contribution is 2.31. The van der Waals surface area contributed by atoms with Crippen molar-refractivity contribution < 1.29 is 4.74 Å². The predicted octanol–water partition coefficient (Wildman–Crippen LogP) is 1.51. The number of hydrogen-bond acceptors (Lipinski definition) is 5. The van der Waals surface area contributed by atoms with Gasteiger partial charge in [0.1, 0.15) is 12.1 Å². The van der Waals surface area contributed by atoms with Crippen molar-refractivity contribution in [2.45, 2.75) is 26.4 Å². The molecule has 1 fully saturated rings. The van der Waals surface area contributed by atoms with E-state index >= 15 is 0 Å². The number of nitrogens with zero attached hydrogens (tertiary/aromatic N) is 5. The Balaban J connectivity index is 2.00. The van der Waals surface area contributed by atoms with Gasteiger partial charge in [0.15, 0.2) is 0 Å². The molecule has 2 heterocycles. The number of fused-ring (bicyclic) bond motifs is 1. The van der Waals surface area contributed by atoms with E-state index in [2.05, 4.69) is 33.0 Å². The van der Waals surface area contributed by atoms with Crippen molar-refractivity contribution in [2.75, 3.05) is 25.1 Å². The number of aromatic nitrogens is 4. The summed E-state index contributed by atoms with van der Waals surface area (Å²) >= 11 is 0. The van der Waals surface area contributed by atoms with Crippen LogP contribution in [0.2, 0.25) is 0 Å². The Morgan fingerprint density at radius 3 is 3.00 bits per heavy atom. The Kier molecular flexibility index (Phi) is 3.33. The van der Waals surface area contributed by atoms with Crippen molar-refractivity contribution in [3.63, 3.8) is 0 Å². The van der Waals surface area contributed by atoms with Gasteiger partial charge in [-0.05, 0) is 25.7 Å². The first-order valence-electron chi connectivity index (χ1n) is 6.75. The molecule has 6 nitrogen and oxygen atoms in total. The lowest BCUT2D eigenvalue weighted by Gasteiger charge is -2.23. The van der Waals surface area contributed by atoms with E-state index < -0.39 is 0 Å². The smallest absolute Gasteiger partial charge is 0.254 e. The van der Waals surface area contributed by atoms with Crippen LogP contribution in [0.4, 0.5) is 5.82 Å². The third kappa shape index (κ3) is 2.53. The van der Waals surface area contributed by atoms with E-state index in [1.807, 2.05) is 4.52 Å². The molecule has 6 heteroatoms. The first kappa shape index (κ1) is 12.3. The van der Waals surface area contributed by atoms with Crippen LogP contribution < -0.4 is 4.90 Å². The van der Waals surface area contributed by atoms with Gasteiger partial charge in [-0.3, -0.25) is 0 Å². The number of methoxy groups -OCH3 is 1. The van der Waals surface area contributed by atoms with Gasteiger partial charge in [-0.2, -0.15) is 14.6 Å². The van der Waals surface area contributed by atoms with Crippen molar-refractivity contribution >= 4 is 11.6 Å². The highest BCUT2D eigenvalue weighted by molar-refractivity contribution is 5.47. The quantitative estimate of drug-likeness (QED) is 0.789. The summed E-state index contributed by atoms with van der Waals surface area (Å²) in [6.07, 6.45) is 4.23. The molecular weight excluding hydrogens is 242 g/mol. The molecule has 0 aromatic carbocycles. The summed E-state index contributed by atoms with van der Waals surface area (Å²) in [6.45, 7) is 4.71. The molecule has 1 aliphatic rings. The summed E-state index contributed by atoms with van der Waals surface area (Å²) in [5.41, 5.74) is 0.896. The molecular formula is C13H19N5O. The molecule has 0 unspecified atom stereocenters. The molecule has 102 valence electrons. The largest absolute Gasteiger partial charge is 0.378 e. The molecule has 0 spiro atoms. The topological polar surface area (TPSA) is 55.5 Å². The lowest BCUT2D eigenvalue weighted by atomic mass is 10.3. The zero-order valence-corrected chi connectivity index (χ0v) is 11.4. The molecule has 2 aromatic rings. The van der Waals surface area contributed by atoms with Crippen LogP contribution >= 0.6 is 0 Å². The molecule has 3 rings (SSSR count). The van der Waals surface area contributed by atoms with Gasteiger partial charge in [-0.25, -0.2) is 4.98 Å². The second-order valence-corrected chi connectivity index (χ2v) is 4.99. The highest BCUT2D eigenvalue weighted by Gasteiger charge is 2.25. The van der Waals surface area contributed by atoms with Crippen LogP contribution in [0.15, 0.2) is 12.4 Å². The summed E-state index contributed by atoms with van der Waals surface area (Å²) in [5.74, 6) is 2.53. The minimum atomic E-state index is 0.497. The fraction of sp³-hybridized carbons (Fsp3) is 0.615. The SMILES string of the molecule is CCN(CC1CC1)c1cc(COC)nc2ncnn12. The standard InChI is InChI=1S/C13H19N5O/c1-3-17(7-10-4-5-10)12-6-11(8-19-2)16-13-14-9-15-18(12)13/h6,9-10H,3-5,7-8H2,1-2H3. The molecule has 19 heavy (non-hydrogen) atoms. The van der Waals surface area contributed by atoms with E-state index in [1.54, 1.807) is 13.4 Å². The number of rotatable bonds is 6. The fourth-order valence-corrected chi connectivity index (χ4v) is 2.29. The molecule has 0 bridgehead atoms. The Hall–Kier alpha value is -1.69. The summed E-state index contributed by atoms with van der Waals surface area (Å²) < 4.78 is 6.99. The van der Waals surface area contributed by atoms with Crippen molar-refractivity contribution in [1.29, 1.82) is 0 Å². The van der Waals surface area contributed by atoms with Crippen molar-refractivity contribution in [1.82, 2.24) is 19.6 Å². The van der Waals surface area contributed by atoms with E-state index in [0.717, 1.165) is 30.5 Å². The van der Waals surface area contributed by atoms with Gasteiger partial charge in [-0.1, -0.05) is 0 Å². The van der Waals surface area contributed by atoms with Crippen LogP contribution in [0.25, 0.3) is 5.78 Å². The molecule has 0 N–H and O–H groups in total. The van der Waals surface area contributed by atoms with Gasteiger partial charge < -0.3 is 9.64 Å². The lowest BCUT2D eigenvalue weighted by Crippen LogP contribution is -2.28. The van der Waals surface area contributed by atoms with Crippen LogP contribution in [-0.4, -0.2) is 39.8 Å². The molecule has 0 aliphatic heterocycles. The molecule has 1 aliphatic carbocycles. The van der Waals surface area contributed by atoms with E-state index in [1.165, 1.54) is 12.8 Å². The monoisotopic (exact) mass is 261 g/mol. The van der Waals surface area contributed by atoms with Gasteiger partial charge in [0.05, 0.1) is 12.3 Å². The Morgan fingerprint density at radius 1 is 1.47 bits per heavy atom. The highest BCUT2D eigenvalue weighted by atomic mass is 16.5. The maximum absolute atomic E-state index is 5.18. The second-order valence-electron chi connectivity index (χ2n) is 4.99. The van der Waals surface area contributed by atoms with E-state index in [4.69, 9.17) is 4.74 Å². The summed E-state index contributed by atoms with van der Waals surface area (Å²) in [6, 6.07) is 2.05. The van der Waals surface area contributed by atoms with E-state index in [-0.39, 0.29) is 0 Å². The van der Waals surface area contributed by atoms with Gasteiger partial charge >= 0.3 is 0 Å². The second kappa shape index (κ2) is 5.13. The first-order chi connectivity index (χ1) is 9.31.